The Morgan fingerprint density at radius 2 is 2.67 bits per heavy atom. The molecular formula is C4H3NS. The highest BCUT2D eigenvalue weighted by Gasteiger charge is 1.78. The minimum atomic E-state index is 1.09. The first-order valence-electron chi connectivity index (χ1n) is 1.61. The van der Waals surface area contributed by atoms with Crippen LogP contribution in [0.5, 0.6) is 0 Å². The maximum Gasteiger partial charge on any atom is 0.112 e. The fourth-order valence-corrected chi connectivity index (χ4v) is 0.535. The van der Waals surface area contributed by atoms with Crippen molar-refractivity contribution < 1.29 is 0 Å². The Balaban J connectivity index is 3.05. The molecule has 0 aliphatic carbocycles. The Bertz CT molecular complexity index is 111. The SMILES string of the molecule is Cc1[c][c]ns1. The number of hydrogen-bond acceptors (Lipinski definition) is 2. The zero-order valence-corrected chi connectivity index (χ0v) is 4.17. The number of rotatable bonds is 0. The van der Waals surface area contributed by atoms with Gasteiger partial charge in [-0.1, -0.05) is 0 Å². The maximum atomic E-state index is 3.68. The molecule has 0 N–H and O–H groups in total. The molecular weight excluding hydrogens is 94.1 g/mol. The topological polar surface area (TPSA) is 12.9 Å². The lowest BCUT2D eigenvalue weighted by Gasteiger charge is -1.61. The Hall–Kier alpha value is -0.370. The molecule has 1 rings (SSSR count). The van der Waals surface area contributed by atoms with E-state index in [9.17, 15) is 0 Å². The normalized spacial score (nSPS) is 8.83. The third-order valence-corrected chi connectivity index (χ3v) is 1.02. The van der Waals surface area contributed by atoms with E-state index in [0.717, 1.165) is 4.88 Å². The van der Waals surface area contributed by atoms with E-state index in [1.807, 2.05) is 6.92 Å². The summed E-state index contributed by atoms with van der Waals surface area (Å²) in [6, 6.07) is 2.78. The summed E-state index contributed by atoms with van der Waals surface area (Å²) in [6.07, 6.45) is 2.57. The van der Waals surface area contributed by atoms with Gasteiger partial charge in [0, 0.05) is 10.9 Å². The second kappa shape index (κ2) is 1.39. The van der Waals surface area contributed by atoms with Crippen LogP contribution in [-0.4, -0.2) is 4.37 Å². The summed E-state index contributed by atoms with van der Waals surface area (Å²) < 4.78 is 3.68. The number of nitrogens with zero attached hydrogens (tertiary/aromatic N) is 1. The zero-order chi connectivity index (χ0) is 4.41. The van der Waals surface area contributed by atoms with Gasteiger partial charge in [-0.3, -0.25) is 0 Å². The third kappa shape index (κ3) is 0.571. The highest BCUT2D eigenvalue weighted by atomic mass is 32.1. The zero-order valence-electron chi connectivity index (χ0n) is 3.36. The van der Waals surface area contributed by atoms with E-state index in [-0.39, 0.29) is 0 Å². The van der Waals surface area contributed by atoms with E-state index in [1.54, 1.807) is 0 Å². The van der Waals surface area contributed by atoms with E-state index in [1.165, 1.54) is 11.5 Å². The van der Waals surface area contributed by atoms with E-state index in [0.29, 0.717) is 0 Å². The summed E-state index contributed by atoms with van der Waals surface area (Å²) in [5.74, 6) is 0. The standard InChI is InChI=1S/C4H3NS/c1-4-2-3-5-6-4/h1H3. The molecule has 1 heterocycles. The fourth-order valence-electron chi connectivity index (χ4n) is 0.216. The van der Waals surface area contributed by atoms with Crippen molar-refractivity contribution in [1.82, 2.24) is 4.37 Å². The molecule has 30 valence electrons. The average Bonchev–Trinajstić information content (AvgIpc) is 1.86. The molecule has 0 amide bonds. The fraction of sp³-hybridized carbons (Fsp3) is 0.250. The molecule has 0 aromatic carbocycles. The van der Waals surface area contributed by atoms with Crippen LogP contribution in [0.3, 0.4) is 0 Å². The number of aryl methyl sites for hydroxylation is 1. The van der Waals surface area contributed by atoms with Crippen LogP contribution in [0.25, 0.3) is 0 Å². The predicted molar refractivity (Wildman–Crippen MR) is 24.5 cm³/mol. The molecule has 6 heavy (non-hydrogen) atoms. The van der Waals surface area contributed by atoms with Crippen LogP contribution in [0.1, 0.15) is 4.88 Å². The highest BCUT2D eigenvalue weighted by Crippen LogP contribution is 1.96. The van der Waals surface area contributed by atoms with E-state index >= 15 is 0 Å². The van der Waals surface area contributed by atoms with Gasteiger partial charge in [0.05, 0.1) is 0 Å². The molecule has 2 heteroatoms. The number of hydrogen-bond donors (Lipinski definition) is 0. The van der Waals surface area contributed by atoms with Crippen molar-refractivity contribution in [3.8, 4) is 0 Å². The minimum Gasteiger partial charge on any atom is -0.190 e. The maximum absolute atomic E-state index is 3.68. The Morgan fingerprint density at radius 1 is 1.83 bits per heavy atom. The molecule has 1 aromatic rings. The van der Waals surface area contributed by atoms with Gasteiger partial charge < -0.3 is 0 Å². The van der Waals surface area contributed by atoms with Gasteiger partial charge in [0.25, 0.3) is 0 Å². The molecule has 2 radical (unpaired) electrons. The van der Waals surface area contributed by atoms with Crippen molar-refractivity contribution in [2.45, 2.75) is 6.92 Å². The van der Waals surface area contributed by atoms with Crippen LogP contribution in [0.2, 0.25) is 0 Å². The van der Waals surface area contributed by atoms with Crippen LogP contribution in [0, 0.1) is 19.2 Å². The molecule has 0 aliphatic rings. The molecule has 0 spiro atoms. The average molecular weight is 97.1 g/mol. The Kier molecular flexibility index (Phi) is 0.881. The molecule has 0 saturated heterocycles. The van der Waals surface area contributed by atoms with E-state index in [4.69, 9.17) is 0 Å². The van der Waals surface area contributed by atoms with Gasteiger partial charge in [0.1, 0.15) is 6.20 Å². The summed E-state index contributed by atoms with van der Waals surface area (Å²) >= 11 is 1.42. The summed E-state index contributed by atoms with van der Waals surface area (Å²) in [7, 11) is 0. The van der Waals surface area contributed by atoms with Crippen molar-refractivity contribution in [2.24, 2.45) is 0 Å². The highest BCUT2D eigenvalue weighted by molar-refractivity contribution is 7.05. The van der Waals surface area contributed by atoms with E-state index < -0.39 is 0 Å². The van der Waals surface area contributed by atoms with Crippen LogP contribution in [0.15, 0.2) is 0 Å². The molecule has 1 nitrogen and oxygen atoms in total. The van der Waals surface area contributed by atoms with Crippen LogP contribution in [0.4, 0.5) is 0 Å². The van der Waals surface area contributed by atoms with Gasteiger partial charge >= 0.3 is 0 Å². The first-order valence-corrected chi connectivity index (χ1v) is 2.38. The van der Waals surface area contributed by atoms with Gasteiger partial charge in [0.15, 0.2) is 0 Å². The van der Waals surface area contributed by atoms with Gasteiger partial charge in [-0.2, -0.15) is 4.37 Å². The lowest BCUT2D eigenvalue weighted by molar-refractivity contribution is 1.53. The monoisotopic (exact) mass is 97.0 g/mol. The molecule has 0 unspecified atom stereocenters. The summed E-state index contributed by atoms with van der Waals surface area (Å²) in [5.41, 5.74) is 0. The lowest BCUT2D eigenvalue weighted by Crippen LogP contribution is -1.45. The van der Waals surface area contributed by atoms with E-state index in [2.05, 4.69) is 16.6 Å². The summed E-state index contributed by atoms with van der Waals surface area (Å²) in [6.45, 7) is 1.95. The second-order valence-corrected chi connectivity index (χ2v) is 1.95. The molecule has 0 saturated carbocycles. The first-order chi connectivity index (χ1) is 2.89. The Morgan fingerprint density at radius 3 is 2.83 bits per heavy atom. The van der Waals surface area contributed by atoms with Crippen LogP contribution >= 0.6 is 11.5 Å². The molecule has 0 atom stereocenters. The molecule has 0 bridgehead atoms. The smallest absolute Gasteiger partial charge is 0.112 e. The quantitative estimate of drug-likeness (QED) is 0.471. The van der Waals surface area contributed by atoms with Crippen molar-refractivity contribution >= 4 is 11.5 Å². The molecule has 1 aromatic heterocycles. The van der Waals surface area contributed by atoms with Gasteiger partial charge in [-0.05, 0) is 18.5 Å². The van der Waals surface area contributed by atoms with Crippen molar-refractivity contribution in [1.29, 1.82) is 0 Å². The number of aromatic nitrogens is 1. The van der Waals surface area contributed by atoms with Gasteiger partial charge in [-0.15, -0.1) is 0 Å². The summed E-state index contributed by atoms with van der Waals surface area (Å²) in [4.78, 5) is 1.09. The van der Waals surface area contributed by atoms with Gasteiger partial charge in [-0.25, -0.2) is 0 Å². The van der Waals surface area contributed by atoms with Crippen LogP contribution < -0.4 is 0 Å². The molecule has 0 fully saturated rings. The van der Waals surface area contributed by atoms with Gasteiger partial charge in [0.2, 0.25) is 0 Å². The molecule has 0 aliphatic heterocycles. The predicted octanol–water partition coefficient (Wildman–Crippen LogP) is 1.05. The lowest BCUT2D eigenvalue weighted by atomic mass is 10.6. The third-order valence-electron chi connectivity index (χ3n) is 0.460. The van der Waals surface area contributed by atoms with Crippen molar-refractivity contribution in [3.63, 3.8) is 0 Å². The second-order valence-electron chi connectivity index (χ2n) is 0.976. The summed E-state index contributed by atoms with van der Waals surface area (Å²) in [5, 5.41) is 0. The largest absolute Gasteiger partial charge is 0.190 e. The first kappa shape index (κ1) is 3.81. The van der Waals surface area contributed by atoms with Crippen molar-refractivity contribution in [2.75, 3.05) is 0 Å². The Labute approximate surface area is 40.8 Å². The van der Waals surface area contributed by atoms with Crippen molar-refractivity contribution in [3.05, 3.63) is 17.1 Å². The van der Waals surface area contributed by atoms with Crippen LogP contribution in [-0.2, 0) is 0 Å². The minimum absolute atomic E-state index is 1.09.